The number of hydrogen-bond acceptors (Lipinski definition) is 3. The molecule has 3 fully saturated rings. The highest BCUT2D eigenvalue weighted by atomic mass is 16.2. The van der Waals surface area contributed by atoms with Gasteiger partial charge in [-0.2, -0.15) is 0 Å². The van der Waals surface area contributed by atoms with E-state index in [0.29, 0.717) is 30.1 Å². The van der Waals surface area contributed by atoms with Crippen LogP contribution in [0.3, 0.4) is 0 Å². The lowest BCUT2D eigenvalue weighted by Gasteiger charge is -2.37. The molecule has 3 aliphatic heterocycles. The minimum Gasteiger partial charge on any atom is -0.337 e. The van der Waals surface area contributed by atoms with Crippen LogP contribution < -0.4 is 5.32 Å². The number of nitrogens with zero attached hydrogens (tertiary/aromatic N) is 2. The average molecular weight is 293 g/mol. The summed E-state index contributed by atoms with van der Waals surface area (Å²) in [6, 6.07) is 2.11. The van der Waals surface area contributed by atoms with Crippen molar-refractivity contribution in [1.82, 2.24) is 15.1 Å². The van der Waals surface area contributed by atoms with Gasteiger partial charge in [-0.15, -0.1) is 0 Å². The van der Waals surface area contributed by atoms with Gasteiger partial charge in [0, 0.05) is 30.7 Å². The first-order valence-corrected chi connectivity index (χ1v) is 8.91. The molecule has 0 aromatic heterocycles. The van der Waals surface area contributed by atoms with E-state index in [4.69, 9.17) is 0 Å². The second kappa shape index (κ2) is 6.25. The van der Waals surface area contributed by atoms with Gasteiger partial charge in [0.15, 0.2) is 0 Å². The minimum absolute atomic E-state index is 0.0412. The van der Waals surface area contributed by atoms with Gasteiger partial charge < -0.3 is 10.2 Å². The van der Waals surface area contributed by atoms with Crippen molar-refractivity contribution < 1.29 is 4.79 Å². The topological polar surface area (TPSA) is 35.6 Å². The highest BCUT2D eigenvalue weighted by Crippen LogP contribution is 2.30. The van der Waals surface area contributed by atoms with E-state index in [9.17, 15) is 4.79 Å². The third-order valence-corrected chi connectivity index (χ3v) is 5.97. The lowest BCUT2D eigenvalue weighted by molar-refractivity contribution is -0.138. The number of carbonyl (C=O) groups is 1. The third-order valence-electron chi connectivity index (χ3n) is 5.97. The van der Waals surface area contributed by atoms with Crippen molar-refractivity contribution >= 4 is 5.91 Å². The van der Waals surface area contributed by atoms with Gasteiger partial charge in [-0.3, -0.25) is 9.69 Å². The predicted molar refractivity (Wildman–Crippen MR) is 85.2 cm³/mol. The van der Waals surface area contributed by atoms with Crippen LogP contribution in [0.1, 0.15) is 59.3 Å². The van der Waals surface area contributed by atoms with Crippen molar-refractivity contribution in [2.24, 2.45) is 0 Å². The van der Waals surface area contributed by atoms with Crippen LogP contribution in [0.25, 0.3) is 0 Å². The van der Waals surface area contributed by atoms with Crippen LogP contribution in [0.4, 0.5) is 0 Å². The maximum absolute atomic E-state index is 13.0. The summed E-state index contributed by atoms with van der Waals surface area (Å²) in [5, 5.41) is 3.60. The van der Waals surface area contributed by atoms with Crippen molar-refractivity contribution in [3.05, 3.63) is 0 Å². The molecule has 4 nitrogen and oxygen atoms in total. The smallest absolute Gasteiger partial charge is 0.239 e. The number of nitrogens with one attached hydrogen (secondary N) is 1. The molecule has 4 heteroatoms. The number of likely N-dealkylation sites (tertiary alicyclic amines) is 2. The third kappa shape index (κ3) is 2.85. The van der Waals surface area contributed by atoms with E-state index in [-0.39, 0.29) is 6.04 Å². The number of amides is 1. The summed E-state index contributed by atoms with van der Waals surface area (Å²) in [6.07, 6.45) is 7.31. The molecule has 3 heterocycles. The summed E-state index contributed by atoms with van der Waals surface area (Å²) in [4.78, 5) is 17.7. The Morgan fingerprint density at radius 1 is 1.10 bits per heavy atom. The molecule has 120 valence electrons. The zero-order valence-electron chi connectivity index (χ0n) is 13.8. The van der Waals surface area contributed by atoms with Crippen molar-refractivity contribution in [3.8, 4) is 0 Å². The molecule has 0 radical (unpaired) electrons. The first kappa shape index (κ1) is 15.3. The van der Waals surface area contributed by atoms with Crippen LogP contribution in [0.15, 0.2) is 0 Å². The van der Waals surface area contributed by atoms with Gasteiger partial charge in [-0.25, -0.2) is 0 Å². The molecule has 0 aromatic carbocycles. The van der Waals surface area contributed by atoms with Gasteiger partial charge >= 0.3 is 0 Å². The second-order valence-electron chi connectivity index (χ2n) is 7.34. The Labute approximate surface area is 129 Å². The van der Waals surface area contributed by atoms with Crippen molar-refractivity contribution in [3.63, 3.8) is 0 Å². The van der Waals surface area contributed by atoms with Gasteiger partial charge in [0.1, 0.15) is 0 Å². The van der Waals surface area contributed by atoms with Gasteiger partial charge in [-0.1, -0.05) is 0 Å². The quantitative estimate of drug-likeness (QED) is 0.864. The van der Waals surface area contributed by atoms with E-state index < -0.39 is 0 Å². The molecule has 3 aliphatic rings. The average Bonchev–Trinajstić information content (AvgIpc) is 3.17. The SMILES string of the molecule is CC1CCC(C)N1C(C)C(=O)N1CCCC1C1CCCN1. The van der Waals surface area contributed by atoms with Crippen LogP contribution in [0.2, 0.25) is 0 Å². The summed E-state index contributed by atoms with van der Waals surface area (Å²) in [7, 11) is 0. The maximum Gasteiger partial charge on any atom is 0.239 e. The van der Waals surface area contributed by atoms with Crippen LogP contribution in [-0.4, -0.2) is 59.0 Å². The van der Waals surface area contributed by atoms with Gasteiger partial charge in [0.2, 0.25) is 5.91 Å². The summed E-state index contributed by atoms with van der Waals surface area (Å²) in [5.74, 6) is 0.367. The van der Waals surface area contributed by atoms with Crippen LogP contribution in [-0.2, 0) is 4.79 Å². The standard InChI is InChI=1S/C17H31N3O/c1-12-8-9-13(2)20(12)14(3)17(21)19-11-5-7-16(19)15-6-4-10-18-15/h12-16,18H,4-11H2,1-3H3. The fourth-order valence-electron chi connectivity index (χ4n) is 4.87. The molecular formula is C17H31N3O. The van der Waals surface area contributed by atoms with E-state index in [1.165, 1.54) is 38.5 Å². The Kier molecular flexibility index (Phi) is 4.55. The molecule has 1 amide bonds. The Balaban J connectivity index is 1.68. The highest BCUT2D eigenvalue weighted by Gasteiger charge is 2.41. The first-order chi connectivity index (χ1) is 10.1. The van der Waals surface area contributed by atoms with E-state index in [1.807, 2.05) is 0 Å². The normalized spacial score (nSPS) is 39.1. The molecule has 1 N–H and O–H groups in total. The second-order valence-corrected chi connectivity index (χ2v) is 7.34. The number of hydrogen-bond donors (Lipinski definition) is 1. The molecule has 21 heavy (non-hydrogen) atoms. The van der Waals surface area contributed by atoms with Gasteiger partial charge in [-0.05, 0) is 65.8 Å². The molecule has 0 spiro atoms. The largest absolute Gasteiger partial charge is 0.337 e. The molecule has 0 aromatic rings. The van der Waals surface area contributed by atoms with Gasteiger partial charge in [0.05, 0.1) is 6.04 Å². The Bertz CT molecular complexity index is 370. The molecular weight excluding hydrogens is 262 g/mol. The summed E-state index contributed by atoms with van der Waals surface area (Å²) in [6.45, 7) is 8.75. The lowest BCUT2D eigenvalue weighted by Crippen LogP contribution is -2.54. The highest BCUT2D eigenvalue weighted by molar-refractivity contribution is 5.82. The molecule has 5 unspecified atom stereocenters. The van der Waals surface area contributed by atoms with Crippen molar-refractivity contribution in [2.45, 2.75) is 89.5 Å². The monoisotopic (exact) mass is 293 g/mol. The lowest BCUT2D eigenvalue weighted by atomic mass is 10.0. The fraction of sp³-hybridized carbons (Fsp3) is 0.941. The molecule has 5 atom stereocenters. The number of carbonyl (C=O) groups excluding carboxylic acids is 1. The summed E-state index contributed by atoms with van der Waals surface area (Å²) in [5.41, 5.74) is 0. The van der Waals surface area contributed by atoms with E-state index in [2.05, 4.69) is 35.9 Å². The number of rotatable bonds is 3. The minimum atomic E-state index is 0.0412. The van der Waals surface area contributed by atoms with E-state index in [1.54, 1.807) is 0 Å². The van der Waals surface area contributed by atoms with Crippen molar-refractivity contribution in [2.75, 3.05) is 13.1 Å². The molecule has 3 saturated heterocycles. The zero-order valence-corrected chi connectivity index (χ0v) is 13.8. The Morgan fingerprint density at radius 3 is 2.43 bits per heavy atom. The maximum atomic E-state index is 13.0. The Hall–Kier alpha value is -0.610. The zero-order chi connectivity index (χ0) is 15.0. The van der Waals surface area contributed by atoms with Crippen LogP contribution in [0.5, 0.6) is 0 Å². The molecule has 3 rings (SSSR count). The summed E-state index contributed by atoms with van der Waals surface area (Å²) >= 11 is 0. The van der Waals surface area contributed by atoms with Crippen LogP contribution in [0, 0.1) is 0 Å². The fourth-order valence-corrected chi connectivity index (χ4v) is 4.87. The van der Waals surface area contributed by atoms with Gasteiger partial charge in [0.25, 0.3) is 0 Å². The predicted octanol–water partition coefficient (Wildman–Crippen LogP) is 1.99. The van der Waals surface area contributed by atoms with E-state index in [0.717, 1.165) is 13.1 Å². The Morgan fingerprint density at radius 2 is 1.81 bits per heavy atom. The van der Waals surface area contributed by atoms with E-state index >= 15 is 0 Å². The van der Waals surface area contributed by atoms with Crippen molar-refractivity contribution in [1.29, 1.82) is 0 Å². The first-order valence-electron chi connectivity index (χ1n) is 8.91. The molecule has 0 bridgehead atoms. The summed E-state index contributed by atoms with van der Waals surface area (Å²) < 4.78 is 0. The molecule has 0 saturated carbocycles. The molecule has 0 aliphatic carbocycles. The van der Waals surface area contributed by atoms with Crippen LogP contribution >= 0.6 is 0 Å².